The largest absolute Gasteiger partial charge is 0.468 e. The van der Waals surface area contributed by atoms with Crippen molar-refractivity contribution in [3.63, 3.8) is 0 Å². The first-order valence-electron chi connectivity index (χ1n) is 6.19. The zero-order valence-corrected chi connectivity index (χ0v) is 12.1. The molecule has 0 aliphatic rings. The summed E-state index contributed by atoms with van der Waals surface area (Å²) in [6, 6.07) is 3.83. The molecule has 1 N–H and O–H groups in total. The number of rotatable bonds is 6. The summed E-state index contributed by atoms with van der Waals surface area (Å²) in [4.78, 5) is 11.6. The van der Waals surface area contributed by atoms with Crippen LogP contribution in [-0.2, 0) is 16.1 Å². The number of nitrogens with one attached hydrogen (secondary N) is 1. The molecule has 1 aromatic carbocycles. The maximum atomic E-state index is 12.9. The third-order valence-corrected chi connectivity index (χ3v) is 3.10. The van der Waals surface area contributed by atoms with Crippen molar-refractivity contribution in [1.29, 1.82) is 0 Å². The fraction of sp³-hybridized carbons (Fsp3) is 0.500. The minimum absolute atomic E-state index is 0.299. The second kappa shape index (κ2) is 7.46. The van der Waals surface area contributed by atoms with Crippen molar-refractivity contribution in [2.45, 2.75) is 32.9 Å². The van der Waals surface area contributed by atoms with Crippen LogP contribution < -0.4 is 5.32 Å². The molecule has 1 atom stereocenters. The van der Waals surface area contributed by atoms with Crippen LogP contribution in [-0.4, -0.2) is 19.1 Å². The number of benzene rings is 1. The van der Waals surface area contributed by atoms with Gasteiger partial charge in [0.05, 0.1) is 7.11 Å². The molecule has 0 fully saturated rings. The highest BCUT2D eigenvalue weighted by atomic mass is 35.5. The van der Waals surface area contributed by atoms with E-state index in [0.717, 1.165) is 5.56 Å². The van der Waals surface area contributed by atoms with E-state index in [1.807, 2.05) is 13.8 Å². The monoisotopic (exact) mass is 287 g/mol. The Labute approximate surface area is 118 Å². The molecular formula is C14H19ClFNO2. The van der Waals surface area contributed by atoms with Gasteiger partial charge in [-0.15, -0.1) is 0 Å². The topological polar surface area (TPSA) is 38.3 Å². The Kier molecular flexibility index (Phi) is 6.25. The zero-order valence-electron chi connectivity index (χ0n) is 11.4. The van der Waals surface area contributed by atoms with E-state index >= 15 is 0 Å². The van der Waals surface area contributed by atoms with Crippen molar-refractivity contribution in [2.24, 2.45) is 5.92 Å². The van der Waals surface area contributed by atoms with Crippen LogP contribution in [0.25, 0.3) is 0 Å². The SMILES string of the molecule is COC(=O)C(CC(C)C)NCc1ccc(F)cc1Cl. The van der Waals surface area contributed by atoms with Crippen molar-refractivity contribution in [1.82, 2.24) is 5.32 Å². The number of hydrogen-bond acceptors (Lipinski definition) is 3. The third kappa shape index (κ3) is 5.17. The molecule has 1 aromatic rings. The smallest absolute Gasteiger partial charge is 0.322 e. The summed E-state index contributed by atoms with van der Waals surface area (Å²) in [6.45, 7) is 4.45. The van der Waals surface area contributed by atoms with Gasteiger partial charge in [0.15, 0.2) is 0 Å². The van der Waals surface area contributed by atoms with Crippen LogP contribution in [0.3, 0.4) is 0 Å². The molecule has 0 bridgehead atoms. The molecule has 3 nitrogen and oxygen atoms in total. The first kappa shape index (κ1) is 15.9. The van der Waals surface area contributed by atoms with Gasteiger partial charge in [0.1, 0.15) is 11.9 Å². The minimum atomic E-state index is -0.383. The van der Waals surface area contributed by atoms with E-state index in [0.29, 0.717) is 23.9 Å². The van der Waals surface area contributed by atoms with Crippen molar-refractivity contribution in [3.05, 3.63) is 34.6 Å². The van der Waals surface area contributed by atoms with Gasteiger partial charge in [0, 0.05) is 11.6 Å². The number of carbonyl (C=O) groups excluding carboxylic acids is 1. The molecule has 0 spiro atoms. The van der Waals surface area contributed by atoms with Gasteiger partial charge in [-0.05, 0) is 30.0 Å². The molecule has 5 heteroatoms. The van der Waals surface area contributed by atoms with E-state index in [-0.39, 0.29) is 17.8 Å². The van der Waals surface area contributed by atoms with E-state index in [4.69, 9.17) is 16.3 Å². The van der Waals surface area contributed by atoms with Crippen molar-refractivity contribution < 1.29 is 13.9 Å². The van der Waals surface area contributed by atoms with Crippen LogP contribution in [0.15, 0.2) is 18.2 Å². The number of ether oxygens (including phenoxy) is 1. The third-order valence-electron chi connectivity index (χ3n) is 2.75. The lowest BCUT2D eigenvalue weighted by atomic mass is 10.0. The number of hydrogen-bond donors (Lipinski definition) is 1. The molecular weight excluding hydrogens is 269 g/mol. The Hall–Kier alpha value is -1.13. The summed E-state index contributed by atoms with van der Waals surface area (Å²) in [7, 11) is 1.36. The second-order valence-electron chi connectivity index (χ2n) is 4.82. The molecule has 0 aromatic heterocycles. The summed E-state index contributed by atoms with van der Waals surface area (Å²) in [6.07, 6.45) is 0.672. The predicted molar refractivity (Wildman–Crippen MR) is 73.5 cm³/mol. The lowest BCUT2D eigenvalue weighted by molar-refractivity contribution is -0.143. The van der Waals surface area contributed by atoms with Gasteiger partial charge in [-0.1, -0.05) is 31.5 Å². The van der Waals surface area contributed by atoms with E-state index in [1.54, 1.807) is 6.07 Å². The van der Waals surface area contributed by atoms with Gasteiger partial charge in [-0.2, -0.15) is 0 Å². The number of halogens is 2. The van der Waals surface area contributed by atoms with E-state index in [9.17, 15) is 9.18 Å². The molecule has 0 saturated heterocycles. The molecule has 106 valence electrons. The first-order valence-corrected chi connectivity index (χ1v) is 6.57. The fourth-order valence-corrected chi connectivity index (χ4v) is 2.01. The Morgan fingerprint density at radius 3 is 2.68 bits per heavy atom. The van der Waals surface area contributed by atoms with Crippen LogP contribution in [0, 0.1) is 11.7 Å². The van der Waals surface area contributed by atoms with Crippen LogP contribution in [0.5, 0.6) is 0 Å². The Morgan fingerprint density at radius 1 is 1.47 bits per heavy atom. The quantitative estimate of drug-likeness (QED) is 0.817. The molecule has 0 heterocycles. The van der Waals surface area contributed by atoms with Crippen LogP contribution in [0.1, 0.15) is 25.8 Å². The lowest BCUT2D eigenvalue weighted by Gasteiger charge is -2.18. The van der Waals surface area contributed by atoms with Crippen molar-refractivity contribution >= 4 is 17.6 Å². The van der Waals surface area contributed by atoms with E-state index in [1.165, 1.54) is 19.2 Å². The predicted octanol–water partition coefficient (Wildman–Crippen LogP) is 3.16. The lowest BCUT2D eigenvalue weighted by Crippen LogP contribution is -2.38. The average Bonchev–Trinajstić information content (AvgIpc) is 2.34. The molecule has 0 aliphatic heterocycles. The van der Waals surface area contributed by atoms with E-state index < -0.39 is 0 Å². The van der Waals surface area contributed by atoms with Gasteiger partial charge in [0.25, 0.3) is 0 Å². The van der Waals surface area contributed by atoms with Crippen molar-refractivity contribution in [2.75, 3.05) is 7.11 Å². The summed E-state index contributed by atoms with van der Waals surface area (Å²) in [5.41, 5.74) is 0.751. The van der Waals surface area contributed by atoms with E-state index in [2.05, 4.69) is 5.32 Å². The van der Waals surface area contributed by atoms with Crippen molar-refractivity contribution in [3.8, 4) is 0 Å². The number of carbonyl (C=O) groups is 1. The van der Waals surface area contributed by atoms with Gasteiger partial charge in [0.2, 0.25) is 0 Å². The molecule has 1 rings (SSSR count). The summed E-state index contributed by atoms with van der Waals surface area (Å²) < 4.78 is 17.7. The Balaban J connectivity index is 2.67. The fourth-order valence-electron chi connectivity index (χ4n) is 1.77. The molecule has 1 unspecified atom stereocenters. The second-order valence-corrected chi connectivity index (χ2v) is 5.23. The van der Waals surface area contributed by atoms with Gasteiger partial charge in [-0.25, -0.2) is 4.39 Å². The zero-order chi connectivity index (χ0) is 14.4. The highest BCUT2D eigenvalue weighted by Gasteiger charge is 2.20. The first-order chi connectivity index (χ1) is 8.93. The summed E-state index contributed by atoms with van der Waals surface area (Å²) in [5, 5.41) is 3.44. The summed E-state index contributed by atoms with van der Waals surface area (Å²) in [5.74, 6) is -0.312. The normalized spacial score (nSPS) is 12.5. The standard InChI is InChI=1S/C14H19ClFNO2/c1-9(2)6-13(14(18)19-3)17-8-10-4-5-11(16)7-12(10)15/h4-5,7,9,13,17H,6,8H2,1-3H3. The highest BCUT2D eigenvalue weighted by molar-refractivity contribution is 6.31. The van der Waals surface area contributed by atoms with Crippen LogP contribution in [0.2, 0.25) is 5.02 Å². The number of esters is 1. The molecule has 0 radical (unpaired) electrons. The molecule has 0 saturated carbocycles. The molecule has 0 aliphatic carbocycles. The maximum Gasteiger partial charge on any atom is 0.322 e. The average molecular weight is 288 g/mol. The highest BCUT2D eigenvalue weighted by Crippen LogP contribution is 2.17. The van der Waals surface area contributed by atoms with Crippen LogP contribution >= 0.6 is 11.6 Å². The minimum Gasteiger partial charge on any atom is -0.468 e. The molecule has 19 heavy (non-hydrogen) atoms. The van der Waals surface area contributed by atoms with Crippen LogP contribution in [0.4, 0.5) is 4.39 Å². The van der Waals surface area contributed by atoms with Gasteiger partial charge < -0.3 is 10.1 Å². The Bertz CT molecular complexity index is 437. The number of methoxy groups -OCH3 is 1. The Morgan fingerprint density at radius 2 is 2.16 bits per heavy atom. The molecule has 0 amide bonds. The maximum absolute atomic E-state index is 12.9. The summed E-state index contributed by atoms with van der Waals surface area (Å²) >= 11 is 5.94. The van der Waals surface area contributed by atoms with Gasteiger partial charge in [-0.3, -0.25) is 4.79 Å². The van der Waals surface area contributed by atoms with Gasteiger partial charge >= 0.3 is 5.97 Å².